The lowest BCUT2D eigenvalue weighted by Gasteiger charge is -2.36. The van der Waals surface area contributed by atoms with Crippen LogP contribution in [0.4, 0.5) is 21.8 Å². The predicted octanol–water partition coefficient (Wildman–Crippen LogP) is 3.91. The summed E-state index contributed by atoms with van der Waals surface area (Å²) in [4.78, 5) is 13.6. The molecule has 0 saturated carbocycles. The average molecular weight is 391 g/mol. The summed E-state index contributed by atoms with van der Waals surface area (Å²) in [7, 11) is 0. The van der Waals surface area contributed by atoms with Gasteiger partial charge in [-0.2, -0.15) is 4.98 Å². The molecule has 1 saturated heterocycles. The van der Waals surface area contributed by atoms with Gasteiger partial charge in [0.15, 0.2) is 0 Å². The molecule has 29 heavy (non-hydrogen) atoms. The lowest BCUT2D eigenvalue weighted by Crippen LogP contribution is -2.47. The second-order valence-electron chi connectivity index (χ2n) is 7.28. The van der Waals surface area contributed by atoms with Gasteiger partial charge in [-0.25, -0.2) is 9.37 Å². The number of piperazine rings is 1. The predicted molar refractivity (Wildman–Crippen MR) is 116 cm³/mol. The number of aromatic nitrogens is 2. The van der Waals surface area contributed by atoms with Crippen molar-refractivity contribution in [3.63, 3.8) is 0 Å². The number of anilines is 3. The summed E-state index contributed by atoms with van der Waals surface area (Å²) in [5.41, 5.74) is 2.91. The molecule has 1 aliphatic rings. The highest BCUT2D eigenvalue weighted by Crippen LogP contribution is 2.22. The Hall–Kier alpha value is -3.15. The first-order valence-corrected chi connectivity index (χ1v) is 10.1. The Morgan fingerprint density at radius 3 is 2.34 bits per heavy atom. The third kappa shape index (κ3) is 4.83. The fourth-order valence-corrected chi connectivity index (χ4v) is 3.62. The molecular formula is C23H26FN5. The number of nitrogens with one attached hydrogen (secondary N) is 1. The number of para-hydroxylation sites is 1. The highest BCUT2D eigenvalue weighted by molar-refractivity contribution is 5.50. The van der Waals surface area contributed by atoms with Crippen molar-refractivity contribution < 1.29 is 4.39 Å². The Bertz CT molecular complexity index is 939. The minimum atomic E-state index is -0.169. The van der Waals surface area contributed by atoms with Crippen molar-refractivity contribution in [1.82, 2.24) is 9.97 Å². The van der Waals surface area contributed by atoms with Crippen LogP contribution in [0.15, 0.2) is 60.7 Å². The van der Waals surface area contributed by atoms with E-state index in [1.807, 2.05) is 31.2 Å². The molecule has 2 aromatic carbocycles. The first kappa shape index (κ1) is 19.2. The number of aryl methyl sites for hydroxylation is 1. The van der Waals surface area contributed by atoms with Crippen molar-refractivity contribution in [1.29, 1.82) is 0 Å². The maximum Gasteiger partial charge on any atom is 0.227 e. The topological polar surface area (TPSA) is 44.3 Å². The van der Waals surface area contributed by atoms with Crippen LogP contribution in [0.25, 0.3) is 0 Å². The monoisotopic (exact) mass is 391 g/mol. The van der Waals surface area contributed by atoms with Gasteiger partial charge in [0, 0.05) is 44.5 Å². The largest absolute Gasteiger partial charge is 0.370 e. The van der Waals surface area contributed by atoms with Crippen LogP contribution >= 0.6 is 0 Å². The minimum Gasteiger partial charge on any atom is -0.370 e. The smallest absolute Gasteiger partial charge is 0.227 e. The quantitative estimate of drug-likeness (QED) is 0.690. The fraction of sp³-hybridized carbons (Fsp3) is 0.304. The molecule has 5 nitrogen and oxygen atoms in total. The van der Waals surface area contributed by atoms with Crippen molar-refractivity contribution in [3.8, 4) is 0 Å². The van der Waals surface area contributed by atoms with Crippen LogP contribution in [0.1, 0.15) is 11.3 Å². The molecule has 0 amide bonds. The fourth-order valence-electron chi connectivity index (χ4n) is 3.62. The lowest BCUT2D eigenvalue weighted by atomic mass is 10.1. The van der Waals surface area contributed by atoms with Gasteiger partial charge in [-0.1, -0.05) is 42.5 Å². The highest BCUT2D eigenvalue weighted by atomic mass is 19.1. The molecule has 0 radical (unpaired) electrons. The van der Waals surface area contributed by atoms with E-state index in [1.54, 1.807) is 6.07 Å². The van der Waals surface area contributed by atoms with Crippen LogP contribution in [-0.2, 0) is 6.42 Å². The van der Waals surface area contributed by atoms with Gasteiger partial charge < -0.3 is 15.1 Å². The third-order valence-electron chi connectivity index (χ3n) is 5.16. The normalized spacial score (nSPS) is 14.1. The molecule has 0 atom stereocenters. The number of halogens is 1. The minimum absolute atomic E-state index is 0.169. The first-order chi connectivity index (χ1) is 14.2. The Kier molecular flexibility index (Phi) is 5.89. The molecule has 4 rings (SSSR count). The zero-order valence-electron chi connectivity index (χ0n) is 16.7. The van der Waals surface area contributed by atoms with Gasteiger partial charge >= 0.3 is 0 Å². The summed E-state index contributed by atoms with van der Waals surface area (Å²) in [6.45, 7) is 5.83. The standard InChI is InChI=1S/C23H26FN5/c1-18-17-22(25-12-11-19-7-3-2-4-8-19)27-23(26-18)29-15-13-28(14-16-29)21-10-6-5-9-20(21)24/h2-10,17H,11-16H2,1H3,(H,25,26,27). The number of hydrogen-bond donors (Lipinski definition) is 1. The molecule has 150 valence electrons. The molecular weight excluding hydrogens is 365 g/mol. The van der Waals surface area contributed by atoms with E-state index < -0.39 is 0 Å². The molecule has 3 aromatic rings. The third-order valence-corrected chi connectivity index (χ3v) is 5.16. The van der Waals surface area contributed by atoms with Crippen LogP contribution < -0.4 is 15.1 Å². The SMILES string of the molecule is Cc1cc(NCCc2ccccc2)nc(N2CCN(c3ccccc3F)CC2)n1. The van der Waals surface area contributed by atoms with E-state index in [9.17, 15) is 4.39 Å². The summed E-state index contributed by atoms with van der Waals surface area (Å²) in [6, 6.07) is 19.3. The molecule has 1 aliphatic heterocycles. The van der Waals surface area contributed by atoms with Gasteiger partial charge in [0.2, 0.25) is 5.95 Å². The van der Waals surface area contributed by atoms with Crippen molar-refractivity contribution in [2.24, 2.45) is 0 Å². The molecule has 1 fully saturated rings. The van der Waals surface area contributed by atoms with Crippen LogP contribution in [0.3, 0.4) is 0 Å². The Morgan fingerprint density at radius 2 is 1.59 bits per heavy atom. The highest BCUT2D eigenvalue weighted by Gasteiger charge is 2.21. The molecule has 0 unspecified atom stereocenters. The van der Waals surface area contributed by atoms with Gasteiger partial charge in [0.05, 0.1) is 5.69 Å². The van der Waals surface area contributed by atoms with Crippen molar-refractivity contribution in [2.75, 3.05) is 47.8 Å². The van der Waals surface area contributed by atoms with E-state index in [-0.39, 0.29) is 5.82 Å². The molecule has 1 aromatic heterocycles. The number of hydrogen-bond acceptors (Lipinski definition) is 5. The maximum absolute atomic E-state index is 14.1. The summed E-state index contributed by atoms with van der Waals surface area (Å²) >= 11 is 0. The van der Waals surface area contributed by atoms with Gasteiger partial charge in [-0.05, 0) is 31.0 Å². The summed E-state index contributed by atoms with van der Waals surface area (Å²) < 4.78 is 14.1. The van der Waals surface area contributed by atoms with E-state index in [1.165, 1.54) is 11.6 Å². The molecule has 0 bridgehead atoms. The van der Waals surface area contributed by atoms with E-state index in [0.717, 1.165) is 56.6 Å². The summed E-state index contributed by atoms with van der Waals surface area (Å²) in [6.07, 6.45) is 0.945. The van der Waals surface area contributed by atoms with E-state index in [4.69, 9.17) is 4.98 Å². The Balaban J connectivity index is 1.37. The Labute approximate surface area is 171 Å². The van der Waals surface area contributed by atoms with Crippen LogP contribution in [-0.4, -0.2) is 42.7 Å². The molecule has 0 spiro atoms. The zero-order chi connectivity index (χ0) is 20.1. The Morgan fingerprint density at radius 1 is 0.897 bits per heavy atom. The summed E-state index contributed by atoms with van der Waals surface area (Å²) in [5.74, 6) is 1.41. The van der Waals surface area contributed by atoms with Crippen molar-refractivity contribution >= 4 is 17.5 Å². The summed E-state index contributed by atoms with van der Waals surface area (Å²) in [5, 5.41) is 3.42. The first-order valence-electron chi connectivity index (χ1n) is 10.1. The van der Waals surface area contributed by atoms with Crippen LogP contribution in [0, 0.1) is 12.7 Å². The average Bonchev–Trinajstić information content (AvgIpc) is 2.75. The van der Waals surface area contributed by atoms with E-state index in [2.05, 4.69) is 44.4 Å². The number of rotatable bonds is 6. The molecule has 2 heterocycles. The molecule has 6 heteroatoms. The van der Waals surface area contributed by atoms with Crippen molar-refractivity contribution in [3.05, 3.63) is 77.7 Å². The maximum atomic E-state index is 14.1. The lowest BCUT2D eigenvalue weighted by molar-refractivity contribution is 0.594. The van der Waals surface area contributed by atoms with Crippen LogP contribution in [0.2, 0.25) is 0 Å². The van der Waals surface area contributed by atoms with E-state index in [0.29, 0.717) is 5.69 Å². The van der Waals surface area contributed by atoms with Crippen LogP contribution in [0.5, 0.6) is 0 Å². The van der Waals surface area contributed by atoms with Gasteiger partial charge in [-0.15, -0.1) is 0 Å². The van der Waals surface area contributed by atoms with Gasteiger partial charge in [0.1, 0.15) is 11.6 Å². The van der Waals surface area contributed by atoms with Gasteiger partial charge in [0.25, 0.3) is 0 Å². The number of nitrogens with zero attached hydrogens (tertiary/aromatic N) is 4. The van der Waals surface area contributed by atoms with Gasteiger partial charge in [-0.3, -0.25) is 0 Å². The second kappa shape index (κ2) is 8.90. The van der Waals surface area contributed by atoms with Crippen molar-refractivity contribution in [2.45, 2.75) is 13.3 Å². The zero-order valence-corrected chi connectivity index (χ0v) is 16.7. The second-order valence-corrected chi connectivity index (χ2v) is 7.28. The van der Waals surface area contributed by atoms with E-state index >= 15 is 0 Å². The molecule has 0 aliphatic carbocycles. The number of benzene rings is 2. The molecule has 1 N–H and O–H groups in total.